The molecule has 1 aliphatic rings. The van der Waals surface area contributed by atoms with E-state index in [4.69, 9.17) is 10.5 Å². The third-order valence-corrected chi connectivity index (χ3v) is 4.23. The fraction of sp³-hybridized carbons (Fsp3) is 0.615. The molecule has 0 aliphatic carbocycles. The summed E-state index contributed by atoms with van der Waals surface area (Å²) in [5.41, 5.74) is 5.53. The summed E-state index contributed by atoms with van der Waals surface area (Å²) in [5.74, 6) is -0.276. The number of rotatable bonds is 6. The Kier molecular flexibility index (Phi) is 5.66. The Labute approximate surface area is 127 Å². The normalized spacial score (nSPS) is 19.5. The molecule has 3 N–H and O–H groups in total. The molecule has 1 saturated heterocycles. The van der Waals surface area contributed by atoms with Crippen molar-refractivity contribution in [2.45, 2.75) is 31.4 Å². The topological polar surface area (TPSA) is 97.5 Å². The number of nitrogens with two attached hydrogens (primary N) is 1. The van der Waals surface area contributed by atoms with Gasteiger partial charge in [-0.3, -0.25) is 9.59 Å². The molecule has 2 unspecified atom stereocenters. The average Bonchev–Trinajstić information content (AvgIpc) is 3.15. The summed E-state index contributed by atoms with van der Waals surface area (Å²) >= 11 is 1.35. The summed E-state index contributed by atoms with van der Waals surface area (Å²) < 4.78 is 5.13. The first-order chi connectivity index (χ1) is 10.2. The van der Waals surface area contributed by atoms with E-state index in [0.717, 1.165) is 6.42 Å². The van der Waals surface area contributed by atoms with E-state index < -0.39 is 6.04 Å². The molecule has 7 nitrogen and oxygen atoms in total. The lowest BCUT2D eigenvalue weighted by atomic mass is 10.2. The lowest BCUT2D eigenvalue weighted by molar-refractivity contribution is -0.138. The van der Waals surface area contributed by atoms with Crippen LogP contribution in [0.15, 0.2) is 11.6 Å². The van der Waals surface area contributed by atoms with Crippen molar-refractivity contribution in [2.24, 2.45) is 5.73 Å². The number of hydrogen-bond acceptors (Lipinski definition) is 6. The van der Waals surface area contributed by atoms with Crippen molar-refractivity contribution in [3.63, 3.8) is 0 Å². The van der Waals surface area contributed by atoms with Gasteiger partial charge in [0.15, 0.2) is 5.13 Å². The minimum absolute atomic E-state index is 0.0934. The average molecular weight is 312 g/mol. The second-order valence-electron chi connectivity index (χ2n) is 4.87. The number of anilines is 1. The molecule has 2 amide bonds. The molecular weight excluding hydrogens is 292 g/mol. The minimum Gasteiger partial charge on any atom is -0.380 e. The Hall–Kier alpha value is -1.51. The zero-order chi connectivity index (χ0) is 15.2. The SMILES string of the molecule is COC(CN)CC(=O)N1CCCC1C(=O)Nc1nccs1. The second-order valence-corrected chi connectivity index (χ2v) is 5.76. The maximum atomic E-state index is 12.3. The maximum absolute atomic E-state index is 12.3. The van der Waals surface area contributed by atoms with Crippen LogP contribution in [0.1, 0.15) is 19.3 Å². The van der Waals surface area contributed by atoms with Crippen LogP contribution in [0.2, 0.25) is 0 Å². The van der Waals surface area contributed by atoms with Gasteiger partial charge in [0.05, 0.1) is 12.5 Å². The largest absolute Gasteiger partial charge is 0.380 e. The molecule has 2 heterocycles. The predicted molar refractivity (Wildman–Crippen MR) is 79.9 cm³/mol. The smallest absolute Gasteiger partial charge is 0.248 e. The molecule has 0 radical (unpaired) electrons. The summed E-state index contributed by atoms with van der Waals surface area (Å²) in [4.78, 5) is 30.2. The standard InChI is InChI=1S/C13H20N4O3S/c1-20-9(8-14)7-11(18)17-5-2-3-10(17)12(19)16-13-15-4-6-21-13/h4,6,9-10H,2-3,5,7-8,14H2,1H3,(H,15,16,19). The predicted octanol–water partition coefficient (Wildman–Crippen LogP) is 0.436. The van der Waals surface area contributed by atoms with Gasteiger partial charge in [-0.25, -0.2) is 4.98 Å². The number of nitrogens with zero attached hydrogens (tertiary/aromatic N) is 2. The highest BCUT2D eigenvalue weighted by Crippen LogP contribution is 2.21. The van der Waals surface area contributed by atoms with Crippen LogP contribution in [0.3, 0.4) is 0 Å². The summed E-state index contributed by atoms with van der Waals surface area (Å²) in [5, 5.41) is 5.09. The molecule has 116 valence electrons. The monoisotopic (exact) mass is 312 g/mol. The molecule has 0 spiro atoms. The van der Waals surface area contributed by atoms with Crippen LogP contribution in [0.25, 0.3) is 0 Å². The van der Waals surface area contributed by atoms with Crippen LogP contribution in [0.5, 0.6) is 0 Å². The molecule has 21 heavy (non-hydrogen) atoms. The number of amides is 2. The highest BCUT2D eigenvalue weighted by atomic mass is 32.1. The number of thiazole rings is 1. The number of aromatic nitrogens is 1. The fourth-order valence-electron chi connectivity index (χ4n) is 2.39. The number of ether oxygens (including phenoxy) is 1. The van der Waals surface area contributed by atoms with Crippen LogP contribution >= 0.6 is 11.3 Å². The van der Waals surface area contributed by atoms with Gasteiger partial charge in [-0.15, -0.1) is 11.3 Å². The summed E-state index contributed by atoms with van der Waals surface area (Å²) in [6, 6.07) is -0.434. The van der Waals surface area contributed by atoms with Gasteiger partial charge in [-0.2, -0.15) is 0 Å². The van der Waals surface area contributed by atoms with Gasteiger partial charge in [-0.1, -0.05) is 0 Å². The molecule has 0 bridgehead atoms. The highest BCUT2D eigenvalue weighted by Gasteiger charge is 2.34. The first-order valence-corrected chi connectivity index (χ1v) is 7.76. The first-order valence-electron chi connectivity index (χ1n) is 6.88. The first kappa shape index (κ1) is 15.9. The van der Waals surface area contributed by atoms with Crippen molar-refractivity contribution >= 4 is 28.3 Å². The number of likely N-dealkylation sites (tertiary alicyclic amines) is 1. The van der Waals surface area contributed by atoms with Crippen LogP contribution < -0.4 is 11.1 Å². The zero-order valence-corrected chi connectivity index (χ0v) is 12.8. The van der Waals surface area contributed by atoms with E-state index >= 15 is 0 Å². The lowest BCUT2D eigenvalue weighted by Gasteiger charge is -2.25. The Bertz CT molecular complexity index is 476. The van der Waals surface area contributed by atoms with E-state index in [9.17, 15) is 9.59 Å². The Balaban J connectivity index is 1.95. The molecule has 1 fully saturated rings. The summed E-state index contributed by atoms with van der Waals surface area (Å²) in [6.07, 6.45) is 3.02. The third-order valence-electron chi connectivity index (χ3n) is 3.54. The number of carbonyl (C=O) groups excluding carboxylic acids is 2. The third kappa shape index (κ3) is 3.99. The van der Waals surface area contributed by atoms with E-state index in [2.05, 4.69) is 10.3 Å². The van der Waals surface area contributed by atoms with Crippen molar-refractivity contribution in [1.82, 2.24) is 9.88 Å². The van der Waals surface area contributed by atoms with Gasteiger partial charge in [-0.05, 0) is 12.8 Å². The maximum Gasteiger partial charge on any atom is 0.248 e. The second kappa shape index (κ2) is 7.48. The zero-order valence-electron chi connectivity index (χ0n) is 11.9. The summed E-state index contributed by atoms with van der Waals surface area (Å²) in [6.45, 7) is 0.877. The number of nitrogens with one attached hydrogen (secondary N) is 1. The van der Waals surface area contributed by atoms with Crippen LogP contribution in [0, 0.1) is 0 Å². The van der Waals surface area contributed by atoms with Crippen LogP contribution in [-0.2, 0) is 14.3 Å². The van der Waals surface area contributed by atoms with Gasteiger partial charge in [0.25, 0.3) is 0 Å². The van der Waals surface area contributed by atoms with Gasteiger partial charge in [0.2, 0.25) is 11.8 Å². The van der Waals surface area contributed by atoms with Gasteiger partial charge >= 0.3 is 0 Å². The molecule has 2 atom stereocenters. The minimum atomic E-state index is -0.434. The number of carbonyl (C=O) groups is 2. The molecule has 8 heteroatoms. The Morgan fingerprint density at radius 1 is 1.67 bits per heavy atom. The lowest BCUT2D eigenvalue weighted by Crippen LogP contribution is -2.44. The number of methoxy groups -OCH3 is 1. The van der Waals surface area contributed by atoms with Gasteiger partial charge < -0.3 is 20.7 Å². The fourth-order valence-corrected chi connectivity index (χ4v) is 2.92. The van der Waals surface area contributed by atoms with Gasteiger partial charge in [0, 0.05) is 31.8 Å². The molecule has 1 aromatic rings. The number of hydrogen-bond donors (Lipinski definition) is 2. The van der Waals surface area contributed by atoms with Crippen molar-refractivity contribution in [3.05, 3.63) is 11.6 Å². The van der Waals surface area contributed by atoms with Crippen molar-refractivity contribution in [2.75, 3.05) is 25.5 Å². The van der Waals surface area contributed by atoms with Crippen molar-refractivity contribution in [3.8, 4) is 0 Å². The van der Waals surface area contributed by atoms with E-state index in [1.165, 1.54) is 18.4 Å². The molecular formula is C13H20N4O3S. The van der Waals surface area contributed by atoms with E-state index in [1.807, 2.05) is 0 Å². The molecule has 0 aromatic carbocycles. The van der Waals surface area contributed by atoms with Crippen LogP contribution in [0.4, 0.5) is 5.13 Å². The molecule has 1 aromatic heterocycles. The van der Waals surface area contributed by atoms with E-state index in [0.29, 0.717) is 18.1 Å². The molecule has 1 aliphatic heterocycles. The van der Waals surface area contributed by atoms with Crippen molar-refractivity contribution < 1.29 is 14.3 Å². The molecule has 2 rings (SSSR count). The molecule has 0 saturated carbocycles. The highest BCUT2D eigenvalue weighted by molar-refractivity contribution is 7.13. The van der Waals surface area contributed by atoms with Crippen LogP contribution in [-0.4, -0.2) is 54.0 Å². The summed E-state index contributed by atoms with van der Waals surface area (Å²) in [7, 11) is 1.53. The van der Waals surface area contributed by atoms with E-state index in [1.54, 1.807) is 16.5 Å². The van der Waals surface area contributed by atoms with Crippen molar-refractivity contribution in [1.29, 1.82) is 0 Å². The Morgan fingerprint density at radius 2 is 2.48 bits per heavy atom. The Morgan fingerprint density at radius 3 is 3.10 bits per heavy atom. The van der Waals surface area contributed by atoms with E-state index in [-0.39, 0.29) is 30.9 Å². The van der Waals surface area contributed by atoms with Gasteiger partial charge in [0.1, 0.15) is 6.04 Å². The quantitative estimate of drug-likeness (QED) is 0.794.